The average Bonchev–Trinajstić information content (AvgIpc) is 1.77. The van der Waals surface area contributed by atoms with Crippen LogP contribution in [-0.4, -0.2) is 68.5 Å². The number of unbranched alkanes of at least 4 members (excludes halogenated alkanes) is 45. The van der Waals surface area contributed by atoms with E-state index in [9.17, 15) is 19.4 Å². The summed E-state index contributed by atoms with van der Waals surface area (Å²) in [6.07, 6.45) is 110. The van der Waals surface area contributed by atoms with Crippen LogP contribution in [0.15, 0.2) is 109 Å². The SMILES string of the molecule is CC/C=C\C/C=C\C/C=C\C/C=C\C/C=C\C/C=C\CCCCCCCCCCCCCCCCCCCCCCCCC(=O)NC(COP(=O)([O-])OCC[N+](C)(C)C)C(O)/C=C/CC/C=C/CC/C=C/CCCCCCCCCCCCCCCCCCCCCCC. The Morgan fingerprint density at radius 2 is 0.660 bits per heavy atom. The normalized spacial score (nSPS) is 14.1. The summed E-state index contributed by atoms with van der Waals surface area (Å²) in [5.41, 5.74) is 0. The molecule has 0 aromatic carbocycles. The number of allylic oxidation sites excluding steroid dienone is 17. The molecule has 0 saturated carbocycles. The molecule has 0 aromatic heterocycles. The molecule has 0 spiro atoms. The highest BCUT2D eigenvalue weighted by Gasteiger charge is 2.23. The van der Waals surface area contributed by atoms with Crippen LogP contribution in [0.4, 0.5) is 0 Å². The van der Waals surface area contributed by atoms with Gasteiger partial charge in [-0.1, -0.05) is 380 Å². The van der Waals surface area contributed by atoms with Crippen molar-refractivity contribution < 1.29 is 32.9 Å². The number of carbonyl (C=O) groups excluding carboxylic acids is 1. The van der Waals surface area contributed by atoms with Gasteiger partial charge in [0, 0.05) is 6.42 Å². The highest BCUT2D eigenvalue weighted by Crippen LogP contribution is 2.38. The van der Waals surface area contributed by atoms with Crippen LogP contribution >= 0.6 is 7.82 Å². The number of rotatable bonds is 74. The number of phosphoric acid groups is 1. The fourth-order valence-electron chi connectivity index (χ4n) is 11.8. The molecule has 0 heterocycles. The maximum absolute atomic E-state index is 13.1. The van der Waals surface area contributed by atoms with Crippen LogP contribution in [0.5, 0.6) is 0 Å². The summed E-state index contributed by atoms with van der Waals surface area (Å²) in [6.45, 7) is 4.55. The quantitative estimate of drug-likeness (QED) is 0.0272. The van der Waals surface area contributed by atoms with Crippen molar-refractivity contribution in [3.63, 3.8) is 0 Å². The second-order valence-electron chi connectivity index (χ2n) is 28.4. The largest absolute Gasteiger partial charge is 0.756 e. The van der Waals surface area contributed by atoms with Crippen LogP contribution in [0, 0.1) is 0 Å². The molecule has 0 saturated heterocycles. The molecule has 0 aromatic rings. The highest BCUT2D eigenvalue weighted by molar-refractivity contribution is 7.45. The number of likely N-dealkylation sites (N-methyl/N-ethyl adjacent to an activating group) is 1. The summed E-state index contributed by atoms with van der Waals surface area (Å²) in [7, 11) is 1.24. The third kappa shape index (κ3) is 76.5. The van der Waals surface area contributed by atoms with Gasteiger partial charge in [0.05, 0.1) is 39.9 Å². The number of hydrogen-bond acceptors (Lipinski definition) is 6. The Morgan fingerprint density at radius 3 is 0.989 bits per heavy atom. The average molecular weight is 1330 g/mol. The number of nitrogens with one attached hydrogen (secondary N) is 1. The van der Waals surface area contributed by atoms with Gasteiger partial charge in [-0.25, -0.2) is 0 Å². The fourth-order valence-corrected chi connectivity index (χ4v) is 12.5. The van der Waals surface area contributed by atoms with Crippen LogP contribution in [0.1, 0.15) is 373 Å². The summed E-state index contributed by atoms with van der Waals surface area (Å²) in [5, 5.41) is 14.0. The molecule has 0 rings (SSSR count). The van der Waals surface area contributed by atoms with Crippen molar-refractivity contribution in [3.8, 4) is 0 Å². The maximum atomic E-state index is 13.1. The van der Waals surface area contributed by atoms with E-state index in [2.05, 4.69) is 116 Å². The molecule has 0 aliphatic heterocycles. The number of aliphatic hydroxyl groups excluding tert-OH is 1. The summed E-state index contributed by atoms with van der Waals surface area (Å²) < 4.78 is 23.5. The van der Waals surface area contributed by atoms with Gasteiger partial charge in [0.2, 0.25) is 5.91 Å². The van der Waals surface area contributed by atoms with Gasteiger partial charge in [-0.05, 0) is 96.3 Å². The van der Waals surface area contributed by atoms with Gasteiger partial charge in [-0.2, -0.15) is 0 Å². The minimum absolute atomic E-state index is 0.0106. The van der Waals surface area contributed by atoms with E-state index >= 15 is 0 Å². The van der Waals surface area contributed by atoms with E-state index in [0.717, 1.165) is 83.5 Å². The van der Waals surface area contributed by atoms with E-state index in [1.165, 1.54) is 270 Å². The lowest BCUT2D eigenvalue weighted by molar-refractivity contribution is -0.870. The van der Waals surface area contributed by atoms with Crippen LogP contribution in [0.3, 0.4) is 0 Å². The van der Waals surface area contributed by atoms with Crippen LogP contribution in [0.2, 0.25) is 0 Å². The molecule has 8 nitrogen and oxygen atoms in total. The van der Waals surface area contributed by atoms with E-state index < -0.39 is 26.6 Å². The number of nitrogens with zero attached hydrogens (tertiary/aromatic N) is 1. The van der Waals surface area contributed by atoms with Gasteiger partial charge in [-0.15, -0.1) is 0 Å². The molecule has 0 bridgehead atoms. The zero-order valence-corrected chi connectivity index (χ0v) is 63.5. The zero-order chi connectivity index (χ0) is 68.3. The molecule has 9 heteroatoms. The molecule has 3 atom stereocenters. The monoisotopic (exact) mass is 1330 g/mol. The van der Waals surface area contributed by atoms with Gasteiger partial charge >= 0.3 is 0 Å². The molecule has 0 aliphatic rings. The van der Waals surface area contributed by atoms with E-state index in [1.54, 1.807) is 6.08 Å². The maximum Gasteiger partial charge on any atom is 0.268 e. The third-order valence-electron chi connectivity index (χ3n) is 17.9. The van der Waals surface area contributed by atoms with Crippen molar-refractivity contribution in [3.05, 3.63) is 109 Å². The Labute approximate surface area is 584 Å². The molecule has 2 N–H and O–H groups in total. The van der Waals surface area contributed by atoms with E-state index in [4.69, 9.17) is 9.05 Å². The number of carbonyl (C=O) groups is 1. The molecule has 0 radical (unpaired) electrons. The summed E-state index contributed by atoms with van der Waals surface area (Å²) >= 11 is 0. The standard InChI is InChI=1S/C85H155N2O6P/c1-6-8-10-12-14-16-18-20-22-24-26-28-30-32-34-36-38-39-40-41-42-43-44-45-46-47-49-51-53-55-57-59-61-63-65-67-69-71-73-75-77-79-85(89)86-83(82-93-94(90,91)92-81-80-87(3,4)5)84(88)78-76-74-72-70-68-66-64-62-60-58-56-54-52-50-48-37-35-33-31-29-27-25-23-21-19-17-15-13-11-9-7-2/h8,10,14,16,20,22,26,28,32,34,38-39,60,62,68,70,76,78,83-84,88H,6-7,9,11-13,15,17-19,21,23-25,27,29-31,33,35-37,40-59,61,63-67,69,71-75,77,79-82H2,1-5H3,(H-,86,89,90,91)/b10-8-,16-14-,22-20-,28-26-,34-32-,39-38-,62-60+,70-68+,78-76+. The number of amides is 1. The molecular formula is C85H155N2O6P. The molecule has 546 valence electrons. The summed E-state index contributed by atoms with van der Waals surface area (Å²) in [6, 6.07) is -0.916. The number of phosphoric ester groups is 1. The van der Waals surface area contributed by atoms with E-state index in [0.29, 0.717) is 17.4 Å². The first-order valence-electron chi connectivity index (χ1n) is 40.2. The van der Waals surface area contributed by atoms with E-state index in [-0.39, 0.29) is 12.5 Å². The van der Waals surface area contributed by atoms with Crippen molar-refractivity contribution >= 4 is 13.7 Å². The number of aliphatic hydroxyl groups is 1. The van der Waals surface area contributed by atoms with Gasteiger partial charge in [0.1, 0.15) is 13.2 Å². The van der Waals surface area contributed by atoms with Crippen molar-refractivity contribution in [1.29, 1.82) is 0 Å². The molecule has 0 aliphatic carbocycles. The Bertz CT molecular complexity index is 1910. The highest BCUT2D eigenvalue weighted by atomic mass is 31.2. The summed E-state index contributed by atoms with van der Waals surface area (Å²) in [5.74, 6) is -0.207. The predicted octanol–water partition coefficient (Wildman–Crippen LogP) is 25.9. The Hall–Kier alpha value is -2.84. The number of hydrogen-bond donors (Lipinski definition) is 2. The predicted molar refractivity (Wildman–Crippen MR) is 413 cm³/mol. The summed E-state index contributed by atoms with van der Waals surface area (Å²) in [4.78, 5) is 25.7. The van der Waals surface area contributed by atoms with Gasteiger partial charge in [0.15, 0.2) is 0 Å². The lowest BCUT2D eigenvalue weighted by Crippen LogP contribution is -2.45. The van der Waals surface area contributed by atoms with Gasteiger partial charge in [0.25, 0.3) is 7.82 Å². The topological polar surface area (TPSA) is 108 Å². The van der Waals surface area contributed by atoms with Crippen LogP contribution < -0.4 is 10.2 Å². The lowest BCUT2D eigenvalue weighted by Gasteiger charge is -2.29. The first-order valence-corrected chi connectivity index (χ1v) is 41.7. The third-order valence-corrected chi connectivity index (χ3v) is 18.9. The number of quaternary nitrogens is 1. The molecule has 0 fully saturated rings. The molecule has 3 unspecified atom stereocenters. The first-order chi connectivity index (χ1) is 46.0. The second kappa shape index (κ2) is 74.4. The van der Waals surface area contributed by atoms with Crippen molar-refractivity contribution in [2.24, 2.45) is 0 Å². The van der Waals surface area contributed by atoms with Gasteiger partial charge < -0.3 is 28.8 Å². The van der Waals surface area contributed by atoms with E-state index in [1.807, 2.05) is 27.2 Å². The fraction of sp³-hybridized carbons (Fsp3) is 0.776. The Kier molecular flexibility index (Phi) is 72.1. The minimum Gasteiger partial charge on any atom is -0.756 e. The van der Waals surface area contributed by atoms with Crippen LogP contribution in [-0.2, 0) is 18.4 Å². The Balaban J connectivity index is 4.01. The first kappa shape index (κ1) is 91.2. The second-order valence-corrected chi connectivity index (χ2v) is 29.8. The van der Waals surface area contributed by atoms with Crippen LogP contribution in [0.25, 0.3) is 0 Å². The lowest BCUT2D eigenvalue weighted by atomic mass is 10.0. The Morgan fingerprint density at radius 1 is 0.383 bits per heavy atom. The van der Waals surface area contributed by atoms with Gasteiger partial charge in [-0.3, -0.25) is 9.36 Å². The smallest absolute Gasteiger partial charge is 0.268 e. The molecule has 94 heavy (non-hydrogen) atoms. The molecular weight excluding hydrogens is 1180 g/mol. The van der Waals surface area contributed by atoms with Crippen molar-refractivity contribution in [2.75, 3.05) is 40.9 Å². The van der Waals surface area contributed by atoms with Crippen molar-refractivity contribution in [2.45, 2.75) is 386 Å². The van der Waals surface area contributed by atoms with Crippen molar-refractivity contribution in [1.82, 2.24) is 5.32 Å². The minimum atomic E-state index is -4.62. The molecule has 1 amide bonds. The zero-order valence-electron chi connectivity index (χ0n) is 62.6.